The maximum Gasteiger partial charge on any atom is 0.329 e. The molecule has 18 heavy (non-hydrogen) atoms. The van der Waals surface area contributed by atoms with E-state index >= 15 is 0 Å². The van der Waals surface area contributed by atoms with Crippen LogP contribution in [0.1, 0.15) is 5.56 Å². The molecule has 0 saturated carbocycles. The zero-order valence-electron chi connectivity index (χ0n) is 9.22. The first-order chi connectivity index (χ1) is 8.54. The average molecular weight is 250 g/mol. The number of hydrogen-bond donors (Lipinski definition) is 2. The first kappa shape index (κ1) is 12.2. The van der Waals surface area contributed by atoms with Crippen LogP contribution in [0.5, 0.6) is 0 Å². The highest BCUT2D eigenvalue weighted by Crippen LogP contribution is 2.31. The largest absolute Gasteiger partial charge is 0.389 e. The van der Waals surface area contributed by atoms with E-state index in [1.807, 2.05) is 0 Å². The van der Waals surface area contributed by atoms with Crippen molar-refractivity contribution in [1.29, 1.82) is 5.26 Å². The Labute approximate surface area is 102 Å². The van der Waals surface area contributed by atoms with Crippen molar-refractivity contribution in [2.75, 3.05) is 18.0 Å². The Balaban J connectivity index is 2.46. The van der Waals surface area contributed by atoms with Crippen molar-refractivity contribution in [3.8, 4) is 6.07 Å². The van der Waals surface area contributed by atoms with Gasteiger partial charge in [0.1, 0.15) is 11.6 Å². The van der Waals surface area contributed by atoms with Gasteiger partial charge in [-0.3, -0.25) is 10.1 Å². The highest BCUT2D eigenvalue weighted by molar-refractivity contribution is 5.65. The number of nitro groups is 1. The molecule has 0 radical (unpaired) electrons. The molecule has 94 valence electrons. The van der Waals surface area contributed by atoms with E-state index in [1.165, 1.54) is 17.2 Å². The monoisotopic (exact) mass is 250 g/mol. The summed E-state index contributed by atoms with van der Waals surface area (Å²) in [5.74, 6) is -0.00495. The SMILES string of the molecule is N#Cc1ccnc(N2CC(O)C(O)C2)c1[N+](=O)[O-]. The van der Waals surface area contributed by atoms with Gasteiger partial charge in [0.15, 0.2) is 0 Å². The fraction of sp³-hybridized carbons (Fsp3) is 0.400. The van der Waals surface area contributed by atoms with Crippen molar-refractivity contribution in [1.82, 2.24) is 4.98 Å². The number of hydrogen-bond acceptors (Lipinski definition) is 7. The van der Waals surface area contributed by atoms with Gasteiger partial charge in [-0.2, -0.15) is 5.26 Å². The molecule has 2 heterocycles. The molecule has 1 aliphatic rings. The van der Waals surface area contributed by atoms with Crippen molar-refractivity contribution in [2.24, 2.45) is 0 Å². The van der Waals surface area contributed by atoms with E-state index < -0.39 is 22.8 Å². The van der Waals surface area contributed by atoms with Crippen molar-refractivity contribution < 1.29 is 15.1 Å². The summed E-state index contributed by atoms with van der Waals surface area (Å²) in [5, 5.41) is 38.7. The maximum absolute atomic E-state index is 11.0. The van der Waals surface area contributed by atoms with Gasteiger partial charge in [-0.05, 0) is 6.07 Å². The molecule has 2 atom stereocenters. The van der Waals surface area contributed by atoms with Crippen molar-refractivity contribution in [3.63, 3.8) is 0 Å². The van der Waals surface area contributed by atoms with Gasteiger partial charge in [0, 0.05) is 19.3 Å². The molecule has 8 nitrogen and oxygen atoms in total. The summed E-state index contributed by atoms with van der Waals surface area (Å²) in [4.78, 5) is 15.6. The molecule has 2 unspecified atom stereocenters. The average Bonchev–Trinajstić information content (AvgIpc) is 2.68. The van der Waals surface area contributed by atoms with Crippen LogP contribution in [0.15, 0.2) is 12.3 Å². The number of nitriles is 1. The van der Waals surface area contributed by atoms with E-state index in [0.717, 1.165) is 0 Å². The lowest BCUT2D eigenvalue weighted by Crippen LogP contribution is -2.23. The van der Waals surface area contributed by atoms with Crippen molar-refractivity contribution in [2.45, 2.75) is 12.2 Å². The molecule has 0 bridgehead atoms. The smallest absolute Gasteiger partial charge is 0.329 e. The predicted molar refractivity (Wildman–Crippen MR) is 59.8 cm³/mol. The number of β-amino-alcohol motifs (C(OH)–C–C–N with tert-alkyl or cyclic N) is 2. The fourth-order valence-corrected chi connectivity index (χ4v) is 1.89. The molecule has 1 aliphatic heterocycles. The molecule has 1 aromatic heterocycles. The van der Waals surface area contributed by atoms with Gasteiger partial charge in [0.25, 0.3) is 0 Å². The highest BCUT2D eigenvalue weighted by atomic mass is 16.6. The van der Waals surface area contributed by atoms with E-state index in [4.69, 9.17) is 5.26 Å². The molecular weight excluding hydrogens is 240 g/mol. The molecule has 0 aromatic carbocycles. The zero-order valence-corrected chi connectivity index (χ0v) is 9.22. The topological polar surface area (TPSA) is 124 Å². The molecule has 1 aromatic rings. The van der Waals surface area contributed by atoms with E-state index in [2.05, 4.69) is 4.98 Å². The van der Waals surface area contributed by atoms with Gasteiger partial charge in [-0.15, -0.1) is 0 Å². The van der Waals surface area contributed by atoms with Crippen LogP contribution in [0, 0.1) is 21.4 Å². The Morgan fingerprint density at radius 2 is 2.11 bits per heavy atom. The van der Waals surface area contributed by atoms with Gasteiger partial charge < -0.3 is 15.1 Å². The minimum absolute atomic E-state index is 0.00495. The number of aromatic nitrogens is 1. The maximum atomic E-state index is 11.0. The third kappa shape index (κ3) is 1.97. The summed E-state index contributed by atoms with van der Waals surface area (Å²) >= 11 is 0. The molecule has 2 N–H and O–H groups in total. The van der Waals surface area contributed by atoms with Gasteiger partial charge in [-0.25, -0.2) is 4.98 Å². The Morgan fingerprint density at radius 3 is 2.61 bits per heavy atom. The Morgan fingerprint density at radius 1 is 1.50 bits per heavy atom. The third-order valence-corrected chi connectivity index (χ3v) is 2.77. The number of pyridine rings is 1. The van der Waals surface area contributed by atoms with Crippen LogP contribution in [0.4, 0.5) is 11.5 Å². The van der Waals surface area contributed by atoms with Gasteiger partial charge in [0.05, 0.1) is 17.1 Å². The van der Waals surface area contributed by atoms with E-state index in [9.17, 15) is 20.3 Å². The second-order valence-electron chi connectivity index (χ2n) is 3.94. The quantitative estimate of drug-likeness (QED) is 0.530. The van der Waals surface area contributed by atoms with Gasteiger partial charge in [0.2, 0.25) is 5.82 Å². The minimum Gasteiger partial charge on any atom is -0.389 e. The summed E-state index contributed by atoms with van der Waals surface area (Å²) in [6.45, 7) is 0.0910. The summed E-state index contributed by atoms with van der Waals surface area (Å²) in [5.41, 5.74) is -0.498. The first-order valence-electron chi connectivity index (χ1n) is 5.19. The van der Waals surface area contributed by atoms with Crippen LogP contribution in [-0.4, -0.2) is 45.4 Å². The second-order valence-corrected chi connectivity index (χ2v) is 3.94. The Kier molecular flexibility index (Phi) is 3.10. The predicted octanol–water partition coefficient (Wildman–Crippen LogP) is -0.597. The van der Waals surface area contributed by atoms with Crippen LogP contribution in [0.3, 0.4) is 0 Å². The number of aliphatic hydroxyl groups excluding tert-OH is 2. The normalized spacial score (nSPS) is 22.8. The lowest BCUT2D eigenvalue weighted by atomic mass is 10.2. The lowest BCUT2D eigenvalue weighted by Gasteiger charge is -2.16. The molecule has 1 fully saturated rings. The van der Waals surface area contributed by atoms with Crippen molar-refractivity contribution in [3.05, 3.63) is 27.9 Å². The summed E-state index contributed by atoms with van der Waals surface area (Å²) in [6.07, 6.45) is -0.660. The van der Waals surface area contributed by atoms with Crippen LogP contribution >= 0.6 is 0 Å². The number of nitrogens with zero attached hydrogens (tertiary/aromatic N) is 4. The van der Waals surface area contributed by atoms with Gasteiger partial charge in [-0.1, -0.05) is 0 Å². The van der Waals surface area contributed by atoms with Crippen LogP contribution in [0.2, 0.25) is 0 Å². The number of anilines is 1. The molecule has 0 amide bonds. The molecule has 0 spiro atoms. The number of aliphatic hydroxyl groups is 2. The Bertz CT molecular complexity index is 517. The highest BCUT2D eigenvalue weighted by Gasteiger charge is 2.35. The minimum atomic E-state index is -0.975. The summed E-state index contributed by atoms with van der Waals surface area (Å²) in [7, 11) is 0. The number of rotatable bonds is 2. The van der Waals surface area contributed by atoms with Crippen LogP contribution in [0.25, 0.3) is 0 Å². The molecule has 1 saturated heterocycles. The van der Waals surface area contributed by atoms with E-state index in [0.29, 0.717) is 0 Å². The van der Waals surface area contributed by atoms with Gasteiger partial charge >= 0.3 is 5.69 Å². The molecule has 2 rings (SSSR count). The van der Waals surface area contributed by atoms with Crippen LogP contribution < -0.4 is 4.90 Å². The first-order valence-corrected chi connectivity index (χ1v) is 5.19. The molecule has 8 heteroatoms. The third-order valence-electron chi connectivity index (χ3n) is 2.77. The molecule has 0 aliphatic carbocycles. The summed E-state index contributed by atoms with van der Waals surface area (Å²) < 4.78 is 0. The standard InChI is InChI=1S/C10H10N4O4/c11-3-6-1-2-12-10(9(6)14(17)18)13-4-7(15)8(16)5-13/h1-2,7-8,15-16H,4-5H2. The second kappa shape index (κ2) is 4.56. The molecular formula is C10H10N4O4. The van der Waals surface area contributed by atoms with E-state index in [1.54, 1.807) is 6.07 Å². The Hall–Kier alpha value is -2.24. The van der Waals surface area contributed by atoms with Crippen molar-refractivity contribution >= 4 is 11.5 Å². The van der Waals surface area contributed by atoms with Crippen LogP contribution in [-0.2, 0) is 0 Å². The lowest BCUT2D eigenvalue weighted by molar-refractivity contribution is -0.384. The summed E-state index contributed by atoms with van der Waals surface area (Å²) in [6, 6.07) is 2.98. The fourth-order valence-electron chi connectivity index (χ4n) is 1.89. The zero-order chi connectivity index (χ0) is 13.3. The van der Waals surface area contributed by atoms with E-state index in [-0.39, 0.29) is 24.5 Å².